The van der Waals surface area contributed by atoms with Gasteiger partial charge < -0.3 is 9.84 Å². The van der Waals surface area contributed by atoms with E-state index in [4.69, 9.17) is 9.84 Å². The number of carboxylic acid groups (broad SMARTS) is 1. The number of methoxy groups -OCH3 is 1. The van der Waals surface area contributed by atoms with Crippen molar-refractivity contribution in [2.24, 2.45) is 0 Å². The SMILES string of the molecule is COCCc1ccc(C(C)(C)CC(=O)O)cc1. The summed E-state index contributed by atoms with van der Waals surface area (Å²) in [4.78, 5) is 10.8. The van der Waals surface area contributed by atoms with E-state index in [-0.39, 0.29) is 11.8 Å². The van der Waals surface area contributed by atoms with Crippen molar-refractivity contribution in [3.05, 3.63) is 35.4 Å². The Kier molecular flexibility index (Phi) is 4.70. The maximum atomic E-state index is 10.8. The van der Waals surface area contributed by atoms with Crippen LogP contribution in [-0.2, 0) is 21.4 Å². The summed E-state index contributed by atoms with van der Waals surface area (Å²) >= 11 is 0. The second-order valence-corrected chi connectivity index (χ2v) is 4.89. The molecule has 0 amide bonds. The van der Waals surface area contributed by atoms with Crippen LogP contribution in [0.25, 0.3) is 0 Å². The van der Waals surface area contributed by atoms with Gasteiger partial charge in [-0.15, -0.1) is 0 Å². The van der Waals surface area contributed by atoms with E-state index in [1.54, 1.807) is 7.11 Å². The topological polar surface area (TPSA) is 46.5 Å². The van der Waals surface area contributed by atoms with Crippen LogP contribution in [0.4, 0.5) is 0 Å². The molecule has 1 N–H and O–H groups in total. The summed E-state index contributed by atoms with van der Waals surface area (Å²) in [6, 6.07) is 8.10. The zero-order valence-electron chi connectivity index (χ0n) is 10.7. The van der Waals surface area contributed by atoms with Crippen molar-refractivity contribution in [3.8, 4) is 0 Å². The molecule has 0 spiro atoms. The highest BCUT2D eigenvalue weighted by Crippen LogP contribution is 2.27. The Morgan fingerprint density at radius 3 is 2.35 bits per heavy atom. The molecule has 0 aromatic heterocycles. The predicted molar refractivity (Wildman–Crippen MR) is 67.3 cm³/mol. The summed E-state index contributed by atoms with van der Waals surface area (Å²) in [6.45, 7) is 4.61. The van der Waals surface area contributed by atoms with Crippen LogP contribution in [0, 0.1) is 0 Å². The minimum Gasteiger partial charge on any atom is -0.481 e. The number of rotatable bonds is 6. The maximum Gasteiger partial charge on any atom is 0.304 e. The second kappa shape index (κ2) is 5.82. The fourth-order valence-corrected chi connectivity index (χ4v) is 1.82. The Hall–Kier alpha value is -1.35. The third kappa shape index (κ3) is 4.19. The van der Waals surface area contributed by atoms with Crippen LogP contribution in [0.1, 0.15) is 31.4 Å². The van der Waals surface area contributed by atoms with Crippen LogP contribution in [0.2, 0.25) is 0 Å². The average Bonchev–Trinajstić information content (AvgIpc) is 2.25. The molecule has 0 bridgehead atoms. The van der Waals surface area contributed by atoms with E-state index in [9.17, 15) is 4.79 Å². The summed E-state index contributed by atoms with van der Waals surface area (Å²) in [6.07, 6.45) is 1.03. The van der Waals surface area contributed by atoms with Crippen LogP contribution in [0.5, 0.6) is 0 Å². The highest BCUT2D eigenvalue weighted by atomic mass is 16.5. The molecule has 1 rings (SSSR count). The van der Waals surface area contributed by atoms with Gasteiger partial charge >= 0.3 is 5.97 Å². The normalized spacial score (nSPS) is 11.5. The van der Waals surface area contributed by atoms with E-state index < -0.39 is 5.97 Å². The Morgan fingerprint density at radius 1 is 1.29 bits per heavy atom. The summed E-state index contributed by atoms with van der Waals surface area (Å²) in [5.74, 6) is -0.765. The number of ether oxygens (including phenoxy) is 1. The van der Waals surface area contributed by atoms with Crippen molar-refractivity contribution in [1.29, 1.82) is 0 Å². The molecule has 1 aromatic carbocycles. The first kappa shape index (κ1) is 13.7. The molecule has 0 atom stereocenters. The van der Waals surface area contributed by atoms with E-state index >= 15 is 0 Å². The van der Waals surface area contributed by atoms with E-state index in [0.29, 0.717) is 6.61 Å². The minimum absolute atomic E-state index is 0.143. The molecule has 0 saturated carbocycles. The smallest absolute Gasteiger partial charge is 0.304 e. The highest BCUT2D eigenvalue weighted by molar-refractivity contribution is 5.68. The monoisotopic (exact) mass is 236 g/mol. The minimum atomic E-state index is -0.765. The lowest BCUT2D eigenvalue weighted by molar-refractivity contribution is -0.138. The number of carboxylic acids is 1. The van der Waals surface area contributed by atoms with E-state index in [1.807, 2.05) is 38.1 Å². The molecular formula is C14H20O3. The summed E-state index contributed by atoms with van der Waals surface area (Å²) in [7, 11) is 1.68. The van der Waals surface area contributed by atoms with Gasteiger partial charge in [-0.1, -0.05) is 38.1 Å². The number of aliphatic carboxylic acids is 1. The number of benzene rings is 1. The molecule has 0 heterocycles. The van der Waals surface area contributed by atoms with Crippen molar-refractivity contribution < 1.29 is 14.6 Å². The lowest BCUT2D eigenvalue weighted by Crippen LogP contribution is -2.21. The lowest BCUT2D eigenvalue weighted by Gasteiger charge is -2.23. The van der Waals surface area contributed by atoms with Gasteiger partial charge in [0.05, 0.1) is 13.0 Å². The number of carbonyl (C=O) groups is 1. The first-order valence-electron chi connectivity index (χ1n) is 5.76. The standard InChI is InChI=1S/C14H20O3/c1-14(2,10-13(15)16)12-6-4-11(5-7-12)8-9-17-3/h4-7H,8-10H2,1-3H3,(H,15,16). The van der Waals surface area contributed by atoms with Gasteiger partial charge in [0, 0.05) is 12.5 Å². The molecule has 94 valence electrons. The summed E-state index contributed by atoms with van der Waals surface area (Å²) in [5, 5.41) is 8.86. The first-order valence-corrected chi connectivity index (χ1v) is 5.76. The van der Waals surface area contributed by atoms with Crippen molar-refractivity contribution in [3.63, 3.8) is 0 Å². The third-order valence-corrected chi connectivity index (χ3v) is 2.92. The van der Waals surface area contributed by atoms with Gasteiger partial charge in [0.2, 0.25) is 0 Å². The highest BCUT2D eigenvalue weighted by Gasteiger charge is 2.23. The fourth-order valence-electron chi connectivity index (χ4n) is 1.82. The quantitative estimate of drug-likeness (QED) is 0.826. The molecule has 3 heteroatoms. The zero-order chi connectivity index (χ0) is 12.9. The summed E-state index contributed by atoms with van der Waals surface area (Å²) < 4.78 is 5.02. The van der Waals surface area contributed by atoms with Crippen molar-refractivity contribution in [1.82, 2.24) is 0 Å². The largest absolute Gasteiger partial charge is 0.481 e. The molecule has 17 heavy (non-hydrogen) atoms. The first-order chi connectivity index (χ1) is 7.95. The van der Waals surface area contributed by atoms with Gasteiger partial charge in [-0.25, -0.2) is 0 Å². The molecule has 0 fully saturated rings. The van der Waals surface area contributed by atoms with Crippen LogP contribution in [-0.4, -0.2) is 24.8 Å². The van der Waals surface area contributed by atoms with Crippen molar-refractivity contribution in [2.75, 3.05) is 13.7 Å². The van der Waals surface area contributed by atoms with Crippen molar-refractivity contribution in [2.45, 2.75) is 32.1 Å². The van der Waals surface area contributed by atoms with Crippen LogP contribution in [0.3, 0.4) is 0 Å². The molecule has 0 aliphatic rings. The lowest BCUT2D eigenvalue weighted by atomic mass is 9.81. The molecular weight excluding hydrogens is 216 g/mol. The zero-order valence-corrected chi connectivity index (χ0v) is 10.7. The number of hydrogen-bond donors (Lipinski definition) is 1. The van der Waals surface area contributed by atoms with Gasteiger partial charge in [-0.05, 0) is 17.5 Å². The van der Waals surface area contributed by atoms with Gasteiger partial charge in [-0.2, -0.15) is 0 Å². The van der Waals surface area contributed by atoms with Crippen molar-refractivity contribution >= 4 is 5.97 Å². The Morgan fingerprint density at radius 2 is 1.88 bits per heavy atom. The van der Waals surface area contributed by atoms with Crippen LogP contribution >= 0.6 is 0 Å². The maximum absolute atomic E-state index is 10.8. The molecule has 0 radical (unpaired) electrons. The third-order valence-electron chi connectivity index (χ3n) is 2.92. The van der Waals surface area contributed by atoms with Crippen LogP contribution < -0.4 is 0 Å². The Bertz CT molecular complexity index is 366. The molecule has 0 unspecified atom stereocenters. The Balaban J connectivity index is 2.75. The van der Waals surface area contributed by atoms with E-state index in [2.05, 4.69) is 0 Å². The fraction of sp³-hybridized carbons (Fsp3) is 0.500. The summed E-state index contributed by atoms with van der Waals surface area (Å²) in [5.41, 5.74) is 1.94. The van der Waals surface area contributed by atoms with Gasteiger partial charge in [-0.3, -0.25) is 4.79 Å². The van der Waals surface area contributed by atoms with E-state index in [0.717, 1.165) is 12.0 Å². The van der Waals surface area contributed by atoms with E-state index in [1.165, 1.54) is 5.56 Å². The van der Waals surface area contributed by atoms with Gasteiger partial charge in [0.15, 0.2) is 0 Å². The van der Waals surface area contributed by atoms with Crippen LogP contribution in [0.15, 0.2) is 24.3 Å². The molecule has 0 aliphatic heterocycles. The molecule has 0 aliphatic carbocycles. The average molecular weight is 236 g/mol. The van der Waals surface area contributed by atoms with Gasteiger partial charge in [0.25, 0.3) is 0 Å². The molecule has 0 saturated heterocycles. The predicted octanol–water partition coefficient (Wildman–Crippen LogP) is 2.63. The molecule has 3 nitrogen and oxygen atoms in total. The number of hydrogen-bond acceptors (Lipinski definition) is 2. The second-order valence-electron chi connectivity index (χ2n) is 4.89. The Labute approximate surface area is 102 Å². The molecule has 1 aromatic rings. The van der Waals surface area contributed by atoms with Gasteiger partial charge in [0.1, 0.15) is 0 Å².